The molecule has 8 nitrogen and oxygen atoms in total. The van der Waals surface area contributed by atoms with E-state index < -0.39 is 20.0 Å². The summed E-state index contributed by atoms with van der Waals surface area (Å²) in [6.45, 7) is 4.64. The molecule has 0 bridgehead atoms. The molecule has 0 fully saturated rings. The molecule has 1 amide bonds. The number of allylic oxidation sites excluding steroid dienone is 21. The quantitative estimate of drug-likeness (QED) is 0.0243. The molecule has 9 heteroatoms. The third-order valence-corrected chi connectivity index (χ3v) is 13.1. The van der Waals surface area contributed by atoms with Crippen molar-refractivity contribution in [3.63, 3.8) is 0 Å². The van der Waals surface area contributed by atoms with Crippen LogP contribution in [0.2, 0.25) is 0 Å². The van der Waals surface area contributed by atoms with E-state index in [0.717, 1.165) is 96.3 Å². The zero-order valence-electron chi connectivity index (χ0n) is 47.3. The van der Waals surface area contributed by atoms with Crippen LogP contribution in [0.3, 0.4) is 0 Å². The number of rotatable bonds is 51. The van der Waals surface area contributed by atoms with Crippen LogP contribution in [0.4, 0.5) is 0 Å². The summed E-state index contributed by atoms with van der Waals surface area (Å²) in [5.41, 5.74) is 0. The van der Waals surface area contributed by atoms with Crippen molar-refractivity contribution in [1.29, 1.82) is 0 Å². The number of unbranched alkanes of at least 4 members (excludes halogenated alkanes) is 18. The van der Waals surface area contributed by atoms with Gasteiger partial charge in [0, 0.05) is 6.42 Å². The Morgan fingerprint density at radius 3 is 1.26 bits per heavy atom. The summed E-state index contributed by atoms with van der Waals surface area (Å²) in [6, 6.07) is -0.872. The van der Waals surface area contributed by atoms with Gasteiger partial charge in [0.1, 0.15) is 13.2 Å². The lowest BCUT2D eigenvalue weighted by Crippen LogP contribution is -2.45. The van der Waals surface area contributed by atoms with Crippen LogP contribution in [0, 0.1) is 0 Å². The summed E-state index contributed by atoms with van der Waals surface area (Å²) < 4.78 is 23.6. The number of aliphatic hydroxyl groups is 1. The maximum absolute atomic E-state index is 12.9. The van der Waals surface area contributed by atoms with Crippen molar-refractivity contribution in [2.75, 3.05) is 40.9 Å². The Kier molecular flexibility index (Phi) is 51.0. The fraction of sp³-hybridized carbons (Fsp3) is 0.641. The fourth-order valence-electron chi connectivity index (χ4n) is 7.58. The van der Waals surface area contributed by atoms with Crippen LogP contribution in [0.5, 0.6) is 0 Å². The summed E-state index contributed by atoms with van der Waals surface area (Å²) in [5, 5.41) is 13.8. The minimum absolute atomic E-state index is 0.0495. The van der Waals surface area contributed by atoms with E-state index in [1.54, 1.807) is 6.08 Å². The normalized spacial score (nSPS) is 14.9. The Morgan fingerprint density at radius 1 is 0.479 bits per heavy atom. The highest BCUT2D eigenvalue weighted by Crippen LogP contribution is 2.43. The SMILES string of the molecule is CC/C=C\C/C=C\C/C=C\C/C=C\C/C=C\C/C=C\C/C=C\C/C=C\C/C=C\CCCCCCCCCCCCCC(=O)NC(COP(=O)(O)OCC[N+](C)(C)C)C(O)/C=C/CC/C=C/CCCCCCCC. The molecule has 0 radical (unpaired) electrons. The minimum Gasteiger partial charge on any atom is -0.387 e. The topological polar surface area (TPSA) is 105 Å². The summed E-state index contributed by atoms with van der Waals surface area (Å²) in [6.07, 6.45) is 81.4. The van der Waals surface area contributed by atoms with Crippen molar-refractivity contribution in [2.24, 2.45) is 0 Å². The molecule has 3 unspecified atom stereocenters. The molecule has 73 heavy (non-hydrogen) atoms. The van der Waals surface area contributed by atoms with E-state index in [1.165, 1.54) is 96.3 Å². The molecule has 0 aromatic rings. The molecule has 0 aromatic carbocycles. The number of hydrogen-bond donors (Lipinski definition) is 3. The summed E-state index contributed by atoms with van der Waals surface area (Å²) in [5.74, 6) is -0.197. The molecule has 3 atom stereocenters. The number of carbonyl (C=O) groups excluding carboxylic acids is 1. The Morgan fingerprint density at radius 2 is 0.836 bits per heavy atom. The number of hydrogen-bond acceptors (Lipinski definition) is 5. The smallest absolute Gasteiger partial charge is 0.387 e. The van der Waals surface area contributed by atoms with Gasteiger partial charge in [-0.2, -0.15) is 0 Å². The highest BCUT2D eigenvalue weighted by Gasteiger charge is 2.27. The van der Waals surface area contributed by atoms with Crippen molar-refractivity contribution in [3.05, 3.63) is 134 Å². The van der Waals surface area contributed by atoms with Gasteiger partial charge in [-0.1, -0.05) is 237 Å². The van der Waals surface area contributed by atoms with Crippen molar-refractivity contribution in [2.45, 2.75) is 225 Å². The first-order valence-corrected chi connectivity index (χ1v) is 30.6. The van der Waals surface area contributed by atoms with E-state index in [9.17, 15) is 19.4 Å². The van der Waals surface area contributed by atoms with Gasteiger partial charge in [-0.25, -0.2) is 4.57 Å². The Bertz CT molecular complexity index is 1640. The van der Waals surface area contributed by atoms with Gasteiger partial charge in [0.15, 0.2) is 0 Å². The van der Waals surface area contributed by atoms with E-state index in [2.05, 4.69) is 141 Å². The van der Waals surface area contributed by atoms with Gasteiger partial charge in [0.25, 0.3) is 0 Å². The predicted octanol–water partition coefficient (Wildman–Crippen LogP) is 17.9. The molecule has 0 aliphatic rings. The standard InChI is InChI=1S/C64H109N2O6P/c1-6-8-10-12-14-16-18-20-21-22-23-24-25-26-27-28-29-30-31-32-33-34-35-36-37-38-39-40-41-42-43-44-45-46-48-50-52-54-56-58-64(68)65-62(61-72-73(69,70)71-60-59-66(3,4)5)63(67)57-55-53-51-49-47-19-17-15-13-11-9-7-2/h8,10,14,16,20-21,23-24,26-27,29-30,32-33,35-36,38-39,47,49,55,57,62-63,67H,6-7,9,11-13,15,17-19,22,25,28,31,34,37,40-46,48,50-54,56,58-61H2,1-5H3,(H-,65,68,69,70)/p+1/b10-8-,16-14-,21-20-,24-23-,27-26-,30-29-,33-32-,36-35-,39-38-,49-47+,57-55+. The number of nitrogens with zero attached hydrogens (tertiary/aromatic N) is 1. The number of phosphoric acid groups is 1. The zero-order valence-corrected chi connectivity index (χ0v) is 48.2. The second-order valence-corrected chi connectivity index (χ2v) is 21.7. The van der Waals surface area contributed by atoms with Crippen LogP contribution in [0.25, 0.3) is 0 Å². The van der Waals surface area contributed by atoms with Crippen LogP contribution in [0.15, 0.2) is 134 Å². The Balaban J connectivity index is 4.09. The monoisotopic (exact) mass is 1030 g/mol. The second kappa shape index (κ2) is 53.5. The summed E-state index contributed by atoms with van der Waals surface area (Å²) in [7, 11) is 1.54. The highest BCUT2D eigenvalue weighted by molar-refractivity contribution is 7.47. The number of aliphatic hydroxyl groups excluding tert-OH is 1. The maximum Gasteiger partial charge on any atom is 0.472 e. The van der Waals surface area contributed by atoms with Crippen LogP contribution < -0.4 is 5.32 Å². The average Bonchev–Trinajstić information content (AvgIpc) is 3.35. The maximum atomic E-state index is 12.9. The fourth-order valence-corrected chi connectivity index (χ4v) is 8.31. The molecule has 0 saturated carbocycles. The van der Waals surface area contributed by atoms with E-state index in [0.29, 0.717) is 17.4 Å². The van der Waals surface area contributed by atoms with Crippen molar-refractivity contribution < 1.29 is 32.9 Å². The van der Waals surface area contributed by atoms with Gasteiger partial charge in [-0.15, -0.1) is 0 Å². The molecule has 3 N–H and O–H groups in total. The predicted molar refractivity (Wildman–Crippen MR) is 318 cm³/mol. The first-order chi connectivity index (χ1) is 35.5. The molecule has 0 aliphatic heterocycles. The molecule has 416 valence electrons. The number of phosphoric ester groups is 1. The number of likely N-dealkylation sites (N-methyl/N-ethyl adjacent to an activating group) is 1. The average molecular weight is 1030 g/mol. The van der Waals surface area contributed by atoms with Gasteiger partial charge in [-0.3, -0.25) is 13.8 Å². The third kappa shape index (κ3) is 56.2. The summed E-state index contributed by atoms with van der Waals surface area (Å²) in [4.78, 5) is 23.2. The molecule has 0 heterocycles. The van der Waals surface area contributed by atoms with Crippen LogP contribution in [0.1, 0.15) is 213 Å². The number of carbonyl (C=O) groups is 1. The molecule has 0 spiro atoms. The molecule has 0 aromatic heterocycles. The lowest BCUT2D eigenvalue weighted by atomic mass is 10.0. The Labute approximate surface area is 449 Å². The van der Waals surface area contributed by atoms with Crippen LogP contribution in [-0.2, 0) is 18.4 Å². The molecule has 0 saturated heterocycles. The third-order valence-electron chi connectivity index (χ3n) is 12.1. The highest BCUT2D eigenvalue weighted by atomic mass is 31.2. The Hall–Kier alpha value is -3.36. The van der Waals surface area contributed by atoms with Crippen molar-refractivity contribution >= 4 is 13.7 Å². The summed E-state index contributed by atoms with van der Waals surface area (Å²) >= 11 is 0. The molecular weight excluding hydrogens is 924 g/mol. The van der Waals surface area contributed by atoms with Crippen LogP contribution in [-0.4, -0.2) is 73.4 Å². The van der Waals surface area contributed by atoms with Gasteiger partial charge in [-0.05, 0) is 103 Å². The second-order valence-electron chi connectivity index (χ2n) is 20.3. The van der Waals surface area contributed by atoms with E-state index in [1.807, 2.05) is 27.2 Å². The number of quaternary nitrogens is 1. The van der Waals surface area contributed by atoms with Crippen molar-refractivity contribution in [1.82, 2.24) is 5.32 Å². The van der Waals surface area contributed by atoms with Gasteiger partial charge < -0.3 is 19.8 Å². The van der Waals surface area contributed by atoms with E-state index in [-0.39, 0.29) is 19.1 Å². The lowest BCUT2D eigenvalue weighted by molar-refractivity contribution is -0.870. The van der Waals surface area contributed by atoms with Crippen LogP contribution >= 0.6 is 7.82 Å². The number of amides is 1. The molecule has 0 aliphatic carbocycles. The number of nitrogens with one attached hydrogen (secondary N) is 1. The van der Waals surface area contributed by atoms with Crippen molar-refractivity contribution in [3.8, 4) is 0 Å². The van der Waals surface area contributed by atoms with E-state index in [4.69, 9.17) is 9.05 Å². The lowest BCUT2D eigenvalue weighted by Gasteiger charge is -2.25. The molecular formula is C64H110N2O6P+. The van der Waals surface area contributed by atoms with Gasteiger partial charge in [0.2, 0.25) is 5.91 Å². The molecule has 0 rings (SSSR count). The minimum atomic E-state index is -4.36. The largest absolute Gasteiger partial charge is 0.472 e. The van der Waals surface area contributed by atoms with Gasteiger partial charge in [0.05, 0.1) is 39.9 Å². The first-order valence-electron chi connectivity index (χ1n) is 29.1. The first kappa shape index (κ1) is 69.6. The van der Waals surface area contributed by atoms with E-state index >= 15 is 0 Å². The zero-order chi connectivity index (χ0) is 53.5. The van der Waals surface area contributed by atoms with Gasteiger partial charge >= 0.3 is 7.82 Å².